The van der Waals surface area contributed by atoms with Crippen LogP contribution in [0.1, 0.15) is 37.9 Å². The van der Waals surface area contributed by atoms with E-state index in [4.69, 9.17) is 19.3 Å². The first-order valence-electron chi connectivity index (χ1n) is 10.3. The second-order valence-corrected chi connectivity index (χ2v) is 8.57. The number of hydrogen-bond donors (Lipinski definition) is 2. The van der Waals surface area contributed by atoms with Gasteiger partial charge in [-0.2, -0.15) is 0 Å². The zero-order valence-electron chi connectivity index (χ0n) is 17.8. The Morgan fingerprint density at radius 3 is 2.59 bits per heavy atom. The third kappa shape index (κ3) is 4.79. The number of cyclic esters (lactones) is 1. The molecule has 174 valence electrons. The quantitative estimate of drug-likeness (QED) is 0.509. The van der Waals surface area contributed by atoms with Crippen LogP contribution in [-0.4, -0.2) is 70.7 Å². The number of ether oxygens (including phenoxy) is 3. The molecule has 2 N–H and O–H groups in total. The molecule has 1 aromatic carbocycles. The van der Waals surface area contributed by atoms with E-state index in [9.17, 15) is 19.5 Å². The normalized spacial score (nSPS) is 29.0. The molecule has 0 unspecified atom stereocenters. The smallest absolute Gasteiger partial charge is 0.417 e. The van der Waals surface area contributed by atoms with E-state index in [-0.39, 0.29) is 17.5 Å². The number of imide groups is 1. The third-order valence-corrected chi connectivity index (χ3v) is 6.42. The van der Waals surface area contributed by atoms with Crippen molar-refractivity contribution < 1.29 is 38.8 Å². The van der Waals surface area contributed by atoms with E-state index in [2.05, 4.69) is 15.9 Å². The lowest BCUT2D eigenvalue weighted by atomic mass is 9.98. The van der Waals surface area contributed by atoms with Gasteiger partial charge in [0.05, 0.1) is 10.5 Å². The number of carbonyl (C=O) groups excluding carboxylic acids is 3. The fraction of sp³-hybridized carbons (Fsp3) is 0.500. The summed E-state index contributed by atoms with van der Waals surface area (Å²) in [5.41, 5.74) is 0.729. The SMILES string of the molecule is CO[C@H](C(=O)N1C(=O)O[C@H](c2ccccc2)[C@@H]1C)[C@@H]1O[C@](O)(CCCCO)C(Br)=CC1=O. The topological polar surface area (TPSA) is 123 Å². The molecule has 0 aliphatic carbocycles. The number of unbranched alkanes of at least 4 members (excludes halogenated alkanes) is 1. The Morgan fingerprint density at radius 1 is 1.28 bits per heavy atom. The number of ketones is 1. The molecule has 2 amide bonds. The van der Waals surface area contributed by atoms with Crippen LogP contribution < -0.4 is 0 Å². The second kappa shape index (κ2) is 10.2. The summed E-state index contributed by atoms with van der Waals surface area (Å²) in [7, 11) is 1.22. The zero-order chi connectivity index (χ0) is 23.5. The molecular weight excluding hydrogens is 486 g/mol. The number of carbonyl (C=O) groups is 3. The third-order valence-electron chi connectivity index (χ3n) is 5.58. The number of aliphatic hydroxyl groups is 2. The molecule has 2 aliphatic rings. The Hall–Kier alpha value is -2.11. The van der Waals surface area contributed by atoms with Crippen molar-refractivity contribution in [3.8, 4) is 0 Å². The summed E-state index contributed by atoms with van der Waals surface area (Å²) >= 11 is 3.15. The Balaban J connectivity index is 1.82. The standard InChI is InChI=1S/C22H26BrNO8/c1-13-17(14-8-4-3-5-9-14)31-21(28)24(13)20(27)19(30-2)18-15(26)12-16(23)22(29,32-18)10-6-7-11-25/h3-5,8-9,12-13,17-19,25,29H,6-7,10-11H2,1-2H3/t13-,17-,18+,19-,22+/m0/s1. The van der Waals surface area contributed by atoms with Crippen LogP contribution in [0, 0.1) is 0 Å². The molecule has 1 saturated heterocycles. The van der Waals surface area contributed by atoms with Gasteiger partial charge in [-0.15, -0.1) is 0 Å². The Bertz CT molecular complexity index is 891. The first-order valence-corrected chi connectivity index (χ1v) is 11.1. The highest BCUT2D eigenvalue weighted by atomic mass is 79.9. The molecule has 10 heteroatoms. The van der Waals surface area contributed by atoms with Crippen molar-refractivity contribution in [2.45, 2.75) is 56.3 Å². The molecule has 0 saturated carbocycles. The molecule has 5 atom stereocenters. The monoisotopic (exact) mass is 511 g/mol. The fourth-order valence-corrected chi connectivity index (χ4v) is 4.36. The minimum absolute atomic E-state index is 0.0590. The number of benzene rings is 1. The highest BCUT2D eigenvalue weighted by Gasteiger charge is 2.51. The number of rotatable bonds is 8. The highest BCUT2D eigenvalue weighted by molar-refractivity contribution is 9.11. The Kier molecular flexibility index (Phi) is 7.84. The van der Waals surface area contributed by atoms with Crippen molar-refractivity contribution >= 4 is 33.7 Å². The average molecular weight is 512 g/mol. The van der Waals surface area contributed by atoms with E-state index in [0.717, 1.165) is 16.5 Å². The number of aliphatic hydroxyl groups excluding tert-OH is 1. The first-order chi connectivity index (χ1) is 15.2. The van der Waals surface area contributed by atoms with E-state index in [0.29, 0.717) is 12.8 Å². The average Bonchev–Trinajstić information content (AvgIpc) is 3.07. The van der Waals surface area contributed by atoms with Gasteiger partial charge in [-0.3, -0.25) is 9.59 Å². The van der Waals surface area contributed by atoms with Crippen LogP contribution >= 0.6 is 15.9 Å². The number of nitrogens with zero attached hydrogens (tertiary/aromatic N) is 1. The number of methoxy groups -OCH3 is 1. The molecule has 0 bridgehead atoms. The maximum atomic E-state index is 13.3. The van der Waals surface area contributed by atoms with Gasteiger partial charge in [0, 0.05) is 20.1 Å². The van der Waals surface area contributed by atoms with Gasteiger partial charge in [0.1, 0.15) is 6.10 Å². The number of amides is 2. The highest BCUT2D eigenvalue weighted by Crippen LogP contribution is 2.37. The predicted octanol–water partition coefficient (Wildman–Crippen LogP) is 2.21. The van der Waals surface area contributed by atoms with E-state index >= 15 is 0 Å². The summed E-state index contributed by atoms with van der Waals surface area (Å²) in [4.78, 5) is 39.4. The van der Waals surface area contributed by atoms with Crippen LogP contribution in [0.4, 0.5) is 4.79 Å². The molecule has 2 heterocycles. The second-order valence-electron chi connectivity index (χ2n) is 7.72. The van der Waals surface area contributed by atoms with E-state index in [1.807, 2.05) is 6.07 Å². The van der Waals surface area contributed by atoms with E-state index in [1.165, 1.54) is 7.11 Å². The summed E-state index contributed by atoms with van der Waals surface area (Å²) in [6.45, 7) is 1.61. The molecule has 32 heavy (non-hydrogen) atoms. The van der Waals surface area contributed by atoms with Crippen molar-refractivity contribution in [3.63, 3.8) is 0 Å². The predicted molar refractivity (Wildman–Crippen MR) is 116 cm³/mol. The van der Waals surface area contributed by atoms with Crippen molar-refractivity contribution in [3.05, 3.63) is 46.5 Å². The largest absolute Gasteiger partial charge is 0.439 e. The molecule has 3 rings (SSSR count). The van der Waals surface area contributed by atoms with Gasteiger partial charge >= 0.3 is 6.09 Å². The first kappa shape index (κ1) is 24.5. The maximum Gasteiger partial charge on any atom is 0.417 e. The van der Waals surface area contributed by atoms with E-state index < -0.39 is 47.9 Å². The van der Waals surface area contributed by atoms with Gasteiger partial charge in [-0.05, 0) is 47.3 Å². The van der Waals surface area contributed by atoms with Crippen molar-refractivity contribution in [2.75, 3.05) is 13.7 Å². The Labute approximate surface area is 194 Å². The molecule has 9 nitrogen and oxygen atoms in total. The Morgan fingerprint density at radius 2 is 1.97 bits per heavy atom. The summed E-state index contributed by atoms with van der Waals surface area (Å²) in [6, 6.07) is 8.36. The molecule has 2 aliphatic heterocycles. The van der Waals surface area contributed by atoms with Crippen molar-refractivity contribution in [1.82, 2.24) is 4.90 Å². The van der Waals surface area contributed by atoms with Gasteiger partial charge in [-0.1, -0.05) is 30.3 Å². The molecule has 1 fully saturated rings. The van der Waals surface area contributed by atoms with Gasteiger partial charge in [-0.25, -0.2) is 9.69 Å². The lowest BCUT2D eigenvalue weighted by molar-refractivity contribution is -0.227. The van der Waals surface area contributed by atoms with E-state index in [1.54, 1.807) is 31.2 Å². The fourth-order valence-electron chi connectivity index (χ4n) is 3.85. The molecule has 1 aromatic rings. The lowest BCUT2D eigenvalue weighted by Gasteiger charge is -2.38. The summed E-state index contributed by atoms with van der Waals surface area (Å²) in [6.07, 6.45) is -2.40. The van der Waals surface area contributed by atoms with Crippen molar-refractivity contribution in [2.24, 2.45) is 0 Å². The van der Waals surface area contributed by atoms with Crippen LogP contribution in [-0.2, 0) is 23.8 Å². The summed E-state index contributed by atoms with van der Waals surface area (Å²) in [5.74, 6) is -3.26. The van der Waals surface area contributed by atoms with Crippen LogP contribution in [0.2, 0.25) is 0 Å². The maximum absolute atomic E-state index is 13.3. The van der Waals surface area contributed by atoms with Crippen LogP contribution in [0.25, 0.3) is 0 Å². The van der Waals surface area contributed by atoms with Gasteiger partial charge in [0.25, 0.3) is 5.91 Å². The molecule has 0 aromatic heterocycles. The van der Waals surface area contributed by atoms with Crippen LogP contribution in [0.5, 0.6) is 0 Å². The zero-order valence-corrected chi connectivity index (χ0v) is 19.4. The summed E-state index contributed by atoms with van der Waals surface area (Å²) < 4.78 is 16.5. The molecule has 0 spiro atoms. The van der Waals surface area contributed by atoms with Crippen LogP contribution in [0.15, 0.2) is 40.9 Å². The number of halogens is 1. The minimum Gasteiger partial charge on any atom is -0.439 e. The van der Waals surface area contributed by atoms with Gasteiger partial charge in [0.2, 0.25) is 0 Å². The molecule has 0 radical (unpaired) electrons. The lowest BCUT2D eigenvalue weighted by Crippen LogP contribution is -2.56. The minimum atomic E-state index is -1.87. The van der Waals surface area contributed by atoms with Crippen LogP contribution in [0.3, 0.4) is 0 Å². The number of hydrogen-bond acceptors (Lipinski definition) is 8. The van der Waals surface area contributed by atoms with Gasteiger partial charge in [0.15, 0.2) is 23.8 Å². The summed E-state index contributed by atoms with van der Waals surface area (Å²) in [5, 5.41) is 19.9. The molecular formula is C22H26BrNO8. The van der Waals surface area contributed by atoms with Gasteiger partial charge < -0.3 is 24.4 Å². The van der Waals surface area contributed by atoms with Crippen molar-refractivity contribution in [1.29, 1.82) is 0 Å².